The summed E-state index contributed by atoms with van der Waals surface area (Å²) >= 11 is 4.79. The minimum Gasteiger partial charge on any atom is -0.354 e. The zero-order chi connectivity index (χ0) is 19.9. The summed E-state index contributed by atoms with van der Waals surface area (Å²) in [5.74, 6) is 0.468. The van der Waals surface area contributed by atoms with Crippen molar-refractivity contribution in [1.82, 2.24) is 5.32 Å². The van der Waals surface area contributed by atoms with E-state index in [1.54, 1.807) is 42.5 Å². The molecular weight excluding hydrogens is 455 g/mol. The molecule has 0 fully saturated rings. The number of hydrogen-bond acceptors (Lipinski definition) is 4. The Morgan fingerprint density at radius 2 is 1.85 bits per heavy atom. The van der Waals surface area contributed by atoms with Crippen molar-refractivity contribution in [1.29, 1.82) is 0 Å². The van der Waals surface area contributed by atoms with Gasteiger partial charge in [0.05, 0.1) is 11.9 Å². The van der Waals surface area contributed by atoms with Crippen LogP contribution in [0.4, 0.5) is 10.1 Å². The van der Waals surface area contributed by atoms with Crippen molar-refractivity contribution in [3.8, 4) is 0 Å². The Morgan fingerprint density at radius 3 is 2.48 bits per heavy atom. The van der Waals surface area contributed by atoms with E-state index in [9.17, 15) is 17.6 Å². The molecule has 27 heavy (non-hydrogen) atoms. The number of sulfonamides is 1. The first-order chi connectivity index (χ1) is 12.8. The van der Waals surface area contributed by atoms with Gasteiger partial charge in [-0.15, -0.1) is 0 Å². The summed E-state index contributed by atoms with van der Waals surface area (Å²) in [4.78, 5) is 12.1. The number of halogens is 2. The Labute approximate surface area is 171 Å². The highest BCUT2D eigenvalue weighted by atomic mass is 79.9. The number of rotatable bonds is 9. The van der Waals surface area contributed by atoms with E-state index < -0.39 is 15.9 Å². The Balaban J connectivity index is 1.82. The van der Waals surface area contributed by atoms with Gasteiger partial charge >= 0.3 is 0 Å². The predicted molar refractivity (Wildman–Crippen MR) is 112 cm³/mol. The molecule has 0 radical (unpaired) electrons. The van der Waals surface area contributed by atoms with Gasteiger partial charge in [-0.3, -0.25) is 9.10 Å². The van der Waals surface area contributed by atoms with Gasteiger partial charge in [-0.1, -0.05) is 34.1 Å². The molecule has 9 heteroatoms. The van der Waals surface area contributed by atoms with Gasteiger partial charge in [0.1, 0.15) is 12.4 Å². The molecule has 2 aromatic carbocycles. The van der Waals surface area contributed by atoms with Crippen molar-refractivity contribution in [2.75, 3.05) is 29.4 Å². The molecule has 0 saturated heterocycles. The number of benzene rings is 2. The summed E-state index contributed by atoms with van der Waals surface area (Å²) < 4.78 is 39.4. The molecule has 146 valence electrons. The molecule has 5 nitrogen and oxygen atoms in total. The second-order valence-electron chi connectivity index (χ2n) is 5.74. The van der Waals surface area contributed by atoms with Gasteiger partial charge in [0.25, 0.3) is 0 Å². The number of hydrogen-bond donors (Lipinski definition) is 1. The second kappa shape index (κ2) is 10.1. The monoisotopic (exact) mass is 474 g/mol. The van der Waals surface area contributed by atoms with Gasteiger partial charge in [-0.25, -0.2) is 12.8 Å². The molecule has 2 aromatic rings. The molecule has 0 spiro atoms. The van der Waals surface area contributed by atoms with Crippen molar-refractivity contribution in [2.24, 2.45) is 0 Å². The fourth-order valence-corrected chi connectivity index (χ4v) is 4.22. The number of nitrogens with one attached hydrogen (secondary N) is 1. The number of carbonyl (C=O) groups excluding carboxylic acids is 1. The number of amides is 1. The third-order valence-corrected chi connectivity index (χ3v) is 6.26. The largest absolute Gasteiger partial charge is 0.354 e. The van der Waals surface area contributed by atoms with E-state index in [2.05, 4.69) is 21.2 Å². The molecule has 2 rings (SSSR count). The third-order valence-electron chi connectivity index (χ3n) is 3.59. The van der Waals surface area contributed by atoms with Crippen LogP contribution in [-0.4, -0.2) is 39.4 Å². The van der Waals surface area contributed by atoms with E-state index in [-0.39, 0.29) is 12.4 Å². The summed E-state index contributed by atoms with van der Waals surface area (Å²) in [5.41, 5.74) is 1.04. The maximum absolute atomic E-state index is 13.5. The van der Waals surface area contributed by atoms with Gasteiger partial charge < -0.3 is 5.32 Å². The van der Waals surface area contributed by atoms with Crippen molar-refractivity contribution in [3.63, 3.8) is 0 Å². The minimum atomic E-state index is -3.59. The summed E-state index contributed by atoms with van der Waals surface area (Å²) in [7, 11) is -3.59. The maximum Gasteiger partial charge on any atom is 0.240 e. The van der Waals surface area contributed by atoms with Gasteiger partial charge in [0.15, 0.2) is 0 Å². The molecule has 1 amide bonds. The summed E-state index contributed by atoms with van der Waals surface area (Å²) in [5, 5.41) is 2.70. The van der Waals surface area contributed by atoms with Crippen LogP contribution in [0.15, 0.2) is 53.0 Å². The topological polar surface area (TPSA) is 66.5 Å². The van der Waals surface area contributed by atoms with Gasteiger partial charge in [-0.05, 0) is 35.9 Å². The van der Waals surface area contributed by atoms with Crippen molar-refractivity contribution in [2.45, 2.75) is 5.75 Å². The number of carbonyl (C=O) groups is 1. The van der Waals surface area contributed by atoms with Crippen LogP contribution in [-0.2, 0) is 20.6 Å². The second-order valence-corrected chi connectivity index (χ2v) is 9.67. The summed E-state index contributed by atoms with van der Waals surface area (Å²) in [6.45, 7) is 0.0777. The number of anilines is 1. The van der Waals surface area contributed by atoms with Gasteiger partial charge in [0.2, 0.25) is 15.9 Å². The molecule has 1 N–H and O–H groups in total. The van der Waals surface area contributed by atoms with Crippen LogP contribution in [0.5, 0.6) is 0 Å². The molecule has 0 atom stereocenters. The Hall–Kier alpha value is -1.58. The van der Waals surface area contributed by atoms with Crippen LogP contribution in [0.1, 0.15) is 5.56 Å². The Kier molecular flexibility index (Phi) is 8.12. The highest BCUT2D eigenvalue weighted by Gasteiger charge is 2.20. The van der Waals surface area contributed by atoms with E-state index >= 15 is 0 Å². The predicted octanol–water partition coefficient (Wildman–Crippen LogP) is 3.40. The molecule has 0 heterocycles. The molecule has 0 aliphatic rings. The van der Waals surface area contributed by atoms with Gasteiger partial charge in [0, 0.05) is 22.5 Å². The molecule has 0 aliphatic heterocycles. The fourth-order valence-electron chi connectivity index (χ4n) is 2.25. The first-order valence-corrected chi connectivity index (χ1v) is 11.9. The molecule has 0 aliphatic carbocycles. The standard InChI is InChI=1S/C18H20BrFN2O3S2/c1-27(24,25)22(16-8-6-15(19)7-9-16)12-18(23)21-10-11-26-13-14-4-2-3-5-17(14)20/h2-9H,10-13H2,1H3,(H,21,23). The van der Waals surface area contributed by atoms with E-state index in [4.69, 9.17) is 0 Å². The van der Waals surface area contributed by atoms with Crippen LogP contribution in [0, 0.1) is 5.82 Å². The smallest absolute Gasteiger partial charge is 0.240 e. The summed E-state index contributed by atoms with van der Waals surface area (Å²) in [6, 6.07) is 13.2. The zero-order valence-electron chi connectivity index (χ0n) is 14.7. The van der Waals surface area contributed by atoms with Crippen molar-refractivity contribution >= 4 is 49.3 Å². The highest BCUT2D eigenvalue weighted by Crippen LogP contribution is 2.20. The minimum absolute atomic E-state index is 0.243. The van der Waals surface area contributed by atoms with Crippen LogP contribution in [0.3, 0.4) is 0 Å². The lowest BCUT2D eigenvalue weighted by Crippen LogP contribution is -2.41. The van der Waals surface area contributed by atoms with Crippen molar-refractivity contribution in [3.05, 3.63) is 64.4 Å². The first kappa shape index (κ1) is 21.7. The quantitative estimate of drug-likeness (QED) is 0.565. The molecule has 0 aromatic heterocycles. The highest BCUT2D eigenvalue weighted by molar-refractivity contribution is 9.10. The average Bonchev–Trinajstić information content (AvgIpc) is 2.61. The Bertz CT molecular complexity index is 876. The van der Waals surface area contributed by atoms with Crippen LogP contribution in [0.2, 0.25) is 0 Å². The molecular formula is C18H20BrFN2O3S2. The maximum atomic E-state index is 13.5. The van der Waals surface area contributed by atoms with Crippen LogP contribution in [0.25, 0.3) is 0 Å². The molecule has 0 saturated carbocycles. The lowest BCUT2D eigenvalue weighted by molar-refractivity contribution is -0.119. The fraction of sp³-hybridized carbons (Fsp3) is 0.278. The Morgan fingerprint density at radius 1 is 1.19 bits per heavy atom. The lowest BCUT2D eigenvalue weighted by atomic mass is 10.2. The van der Waals surface area contributed by atoms with Crippen LogP contribution >= 0.6 is 27.7 Å². The third kappa shape index (κ3) is 7.15. The van der Waals surface area contributed by atoms with E-state index in [0.29, 0.717) is 29.3 Å². The summed E-state index contributed by atoms with van der Waals surface area (Å²) in [6.07, 6.45) is 1.06. The van der Waals surface area contributed by atoms with E-state index in [1.807, 2.05) is 0 Å². The normalized spacial score (nSPS) is 11.2. The molecule has 0 bridgehead atoms. The number of thioether (sulfide) groups is 1. The van der Waals surface area contributed by atoms with Crippen LogP contribution < -0.4 is 9.62 Å². The average molecular weight is 475 g/mol. The van der Waals surface area contributed by atoms with Crippen molar-refractivity contribution < 1.29 is 17.6 Å². The molecule has 0 unspecified atom stereocenters. The van der Waals surface area contributed by atoms with Gasteiger partial charge in [-0.2, -0.15) is 11.8 Å². The van der Waals surface area contributed by atoms with E-state index in [0.717, 1.165) is 15.0 Å². The number of nitrogens with zero attached hydrogens (tertiary/aromatic N) is 1. The first-order valence-electron chi connectivity index (χ1n) is 8.08. The van der Waals surface area contributed by atoms with E-state index in [1.165, 1.54) is 17.8 Å². The SMILES string of the molecule is CS(=O)(=O)N(CC(=O)NCCSCc1ccccc1F)c1ccc(Br)cc1. The zero-order valence-corrected chi connectivity index (χ0v) is 17.9. The lowest BCUT2D eigenvalue weighted by Gasteiger charge is -2.22.